The van der Waals surface area contributed by atoms with Crippen molar-refractivity contribution < 1.29 is 19.1 Å². The summed E-state index contributed by atoms with van der Waals surface area (Å²) >= 11 is 0. The first-order valence-electron chi connectivity index (χ1n) is 11.7. The molecule has 9 heteroatoms. The minimum Gasteiger partial charge on any atom is -0.494 e. The molecular formula is C27H23N5O4. The van der Waals surface area contributed by atoms with Gasteiger partial charge in [-0.1, -0.05) is 36.4 Å². The van der Waals surface area contributed by atoms with Crippen LogP contribution in [0.15, 0.2) is 73.1 Å². The van der Waals surface area contributed by atoms with Gasteiger partial charge < -0.3 is 15.0 Å². The summed E-state index contributed by atoms with van der Waals surface area (Å²) in [6.07, 6.45) is 3.67. The minimum atomic E-state index is -1.41. The van der Waals surface area contributed by atoms with Crippen molar-refractivity contribution in [3.8, 4) is 16.9 Å². The van der Waals surface area contributed by atoms with Gasteiger partial charge in [0.05, 0.1) is 24.9 Å². The third-order valence-electron chi connectivity index (χ3n) is 6.76. The Bertz CT molecular complexity index is 1530. The Hall–Kier alpha value is -4.66. The summed E-state index contributed by atoms with van der Waals surface area (Å²) < 4.78 is 7.33. The molecule has 6 rings (SSSR count). The lowest BCUT2D eigenvalue weighted by molar-refractivity contribution is -0.124. The van der Waals surface area contributed by atoms with Gasteiger partial charge in [0.2, 0.25) is 0 Å². The van der Waals surface area contributed by atoms with Gasteiger partial charge in [-0.15, -0.1) is 0 Å². The zero-order valence-corrected chi connectivity index (χ0v) is 19.5. The van der Waals surface area contributed by atoms with Gasteiger partial charge in [-0.05, 0) is 47.9 Å². The van der Waals surface area contributed by atoms with Crippen LogP contribution in [-0.2, 0) is 16.9 Å². The van der Waals surface area contributed by atoms with Crippen LogP contribution in [0.2, 0.25) is 0 Å². The first-order chi connectivity index (χ1) is 17.5. The van der Waals surface area contributed by atoms with Gasteiger partial charge >= 0.3 is 6.03 Å². The number of carbonyl (C=O) groups is 3. The number of aromatic nitrogens is 2. The van der Waals surface area contributed by atoms with E-state index in [0.29, 0.717) is 30.0 Å². The minimum absolute atomic E-state index is 0.00187. The molecule has 2 aliphatic rings. The molecule has 4 amide bonds. The molecule has 0 saturated carbocycles. The quantitative estimate of drug-likeness (QED) is 0.412. The summed E-state index contributed by atoms with van der Waals surface area (Å²) in [6, 6.07) is 18.1. The van der Waals surface area contributed by atoms with Crippen LogP contribution in [0, 0.1) is 0 Å². The molecule has 2 aromatic carbocycles. The van der Waals surface area contributed by atoms with Crippen LogP contribution in [-0.4, -0.2) is 45.5 Å². The predicted octanol–water partition coefficient (Wildman–Crippen LogP) is 3.09. The largest absolute Gasteiger partial charge is 0.494 e. The molecule has 0 aliphatic carbocycles. The molecule has 2 aliphatic heterocycles. The topological polar surface area (TPSA) is 105 Å². The molecule has 4 aromatic rings. The number of hydrogen-bond donors (Lipinski definition) is 2. The van der Waals surface area contributed by atoms with Crippen molar-refractivity contribution in [2.45, 2.75) is 19.0 Å². The molecule has 1 saturated heterocycles. The summed E-state index contributed by atoms with van der Waals surface area (Å²) in [7, 11) is 0. The highest BCUT2D eigenvalue weighted by molar-refractivity contribution is 6.08. The Labute approximate surface area is 206 Å². The molecule has 0 bridgehead atoms. The maximum absolute atomic E-state index is 13.3. The van der Waals surface area contributed by atoms with Crippen LogP contribution < -0.4 is 15.4 Å². The van der Waals surface area contributed by atoms with Crippen LogP contribution in [0.25, 0.3) is 16.6 Å². The number of nitrogens with zero attached hydrogens (tertiary/aromatic N) is 3. The summed E-state index contributed by atoms with van der Waals surface area (Å²) in [6.45, 7) is 2.72. The maximum atomic E-state index is 13.3. The van der Waals surface area contributed by atoms with E-state index in [9.17, 15) is 14.4 Å². The lowest BCUT2D eigenvalue weighted by Crippen LogP contribution is -2.52. The molecule has 0 radical (unpaired) electrons. The van der Waals surface area contributed by atoms with E-state index in [0.717, 1.165) is 22.2 Å². The highest BCUT2D eigenvalue weighted by Crippen LogP contribution is 2.34. The van der Waals surface area contributed by atoms with Gasteiger partial charge in [0.15, 0.2) is 5.54 Å². The number of nitrogens with one attached hydrogen (secondary N) is 2. The number of amides is 4. The molecular weight excluding hydrogens is 458 g/mol. The van der Waals surface area contributed by atoms with E-state index in [-0.39, 0.29) is 12.5 Å². The number of rotatable bonds is 6. The fourth-order valence-electron chi connectivity index (χ4n) is 5.00. The molecule has 0 spiro atoms. The maximum Gasteiger partial charge on any atom is 0.322 e. The normalized spacial score (nSPS) is 18.9. The van der Waals surface area contributed by atoms with Crippen LogP contribution in [0.3, 0.4) is 0 Å². The van der Waals surface area contributed by atoms with Crippen molar-refractivity contribution in [1.82, 2.24) is 25.1 Å². The van der Waals surface area contributed by atoms with Crippen LogP contribution >= 0.6 is 0 Å². The van der Waals surface area contributed by atoms with Gasteiger partial charge in [0, 0.05) is 23.9 Å². The number of urea groups is 1. The van der Waals surface area contributed by atoms with E-state index in [1.807, 2.05) is 67.7 Å². The Kier molecular flexibility index (Phi) is 4.99. The van der Waals surface area contributed by atoms with Crippen molar-refractivity contribution in [2.75, 3.05) is 13.2 Å². The molecule has 1 fully saturated rings. The van der Waals surface area contributed by atoms with E-state index >= 15 is 0 Å². The molecule has 36 heavy (non-hydrogen) atoms. The summed E-state index contributed by atoms with van der Waals surface area (Å²) in [5.74, 6) is -0.0748. The lowest BCUT2D eigenvalue weighted by Gasteiger charge is -2.31. The molecule has 2 aromatic heterocycles. The highest BCUT2D eigenvalue weighted by atomic mass is 16.5. The van der Waals surface area contributed by atoms with Gasteiger partial charge in [0.1, 0.15) is 5.75 Å². The predicted molar refractivity (Wildman–Crippen MR) is 131 cm³/mol. The van der Waals surface area contributed by atoms with Crippen LogP contribution in [0.5, 0.6) is 5.75 Å². The fourth-order valence-corrected chi connectivity index (χ4v) is 5.00. The van der Waals surface area contributed by atoms with E-state index in [4.69, 9.17) is 4.74 Å². The molecule has 180 valence electrons. The van der Waals surface area contributed by atoms with Crippen molar-refractivity contribution >= 4 is 23.4 Å². The monoisotopic (exact) mass is 481 g/mol. The third-order valence-corrected chi connectivity index (χ3v) is 6.76. The first-order valence-corrected chi connectivity index (χ1v) is 11.7. The third kappa shape index (κ3) is 3.39. The van der Waals surface area contributed by atoms with E-state index < -0.39 is 17.5 Å². The van der Waals surface area contributed by atoms with Gasteiger partial charge in [-0.3, -0.25) is 14.9 Å². The second kappa shape index (κ2) is 8.23. The van der Waals surface area contributed by atoms with Gasteiger partial charge in [-0.25, -0.2) is 9.31 Å². The van der Waals surface area contributed by atoms with Crippen molar-refractivity contribution in [2.24, 2.45) is 0 Å². The van der Waals surface area contributed by atoms with Crippen molar-refractivity contribution in [3.63, 3.8) is 0 Å². The van der Waals surface area contributed by atoms with Crippen LogP contribution in [0.4, 0.5) is 4.79 Å². The molecule has 2 N–H and O–H groups in total. The fraction of sp³-hybridized carbons (Fsp3) is 0.185. The number of benzene rings is 2. The number of imide groups is 1. The SMILES string of the molecule is CCOc1ccc2c(c1)C(=O)N(C[C@@]1(c3ccc(-c4cnn5ccccc45)cc3)NC(=O)NC1=O)C2. The molecule has 0 unspecified atom stereocenters. The number of hydrogen-bond acceptors (Lipinski definition) is 5. The zero-order valence-electron chi connectivity index (χ0n) is 19.5. The van der Waals surface area contributed by atoms with Gasteiger partial charge in [0.25, 0.3) is 11.8 Å². The number of carbonyl (C=O) groups excluding carboxylic acids is 3. The Morgan fingerprint density at radius 2 is 1.86 bits per heavy atom. The number of fused-ring (bicyclic) bond motifs is 2. The molecule has 1 atom stereocenters. The number of ether oxygens (including phenoxy) is 1. The second-order valence-corrected chi connectivity index (χ2v) is 8.89. The first kappa shape index (κ1) is 21.8. The van der Waals surface area contributed by atoms with Crippen molar-refractivity contribution in [1.29, 1.82) is 0 Å². The Morgan fingerprint density at radius 1 is 1.03 bits per heavy atom. The van der Waals surface area contributed by atoms with Crippen molar-refractivity contribution in [3.05, 3.63) is 89.7 Å². The standard InChI is InChI=1S/C27H23N5O4/c1-2-36-20-11-8-18-15-31(24(33)21(18)13-20)16-27(25(34)29-26(35)30-27)19-9-6-17(7-10-19)22-14-28-32-12-4-3-5-23(22)32/h3-14H,2,15-16H2,1H3,(H2,29,30,34,35)/t27-/m0/s1. The smallest absolute Gasteiger partial charge is 0.322 e. The average molecular weight is 482 g/mol. The van der Waals surface area contributed by atoms with Gasteiger partial charge in [-0.2, -0.15) is 5.10 Å². The van der Waals surface area contributed by atoms with E-state index in [2.05, 4.69) is 15.7 Å². The Morgan fingerprint density at radius 3 is 2.61 bits per heavy atom. The second-order valence-electron chi connectivity index (χ2n) is 8.89. The van der Waals surface area contributed by atoms with Crippen LogP contribution in [0.1, 0.15) is 28.4 Å². The molecule has 9 nitrogen and oxygen atoms in total. The summed E-state index contributed by atoms with van der Waals surface area (Å²) in [5, 5.41) is 9.52. The highest BCUT2D eigenvalue weighted by Gasteiger charge is 2.50. The Balaban J connectivity index is 1.33. The lowest BCUT2D eigenvalue weighted by atomic mass is 9.88. The molecule has 4 heterocycles. The van der Waals surface area contributed by atoms with E-state index in [1.54, 1.807) is 21.7 Å². The zero-order chi connectivity index (χ0) is 24.9. The summed E-state index contributed by atoms with van der Waals surface area (Å²) in [4.78, 5) is 40.2. The average Bonchev–Trinajstić information content (AvgIpc) is 3.54. The van der Waals surface area contributed by atoms with E-state index in [1.165, 1.54) is 0 Å². The number of pyridine rings is 1. The summed E-state index contributed by atoms with van der Waals surface area (Å²) in [5.41, 5.74) is 3.41.